The Morgan fingerprint density at radius 2 is 2.00 bits per heavy atom. The zero-order chi connectivity index (χ0) is 13.3. The van der Waals surface area contributed by atoms with E-state index in [1.165, 1.54) is 32.1 Å². The Kier molecular flexibility index (Phi) is 4.00. The van der Waals surface area contributed by atoms with Crippen LogP contribution in [-0.2, 0) is 0 Å². The third-order valence-corrected chi connectivity index (χ3v) is 5.89. The van der Waals surface area contributed by atoms with E-state index in [0.717, 1.165) is 49.6 Å². The van der Waals surface area contributed by atoms with Gasteiger partial charge in [-0.25, -0.2) is 0 Å². The van der Waals surface area contributed by atoms with Crippen molar-refractivity contribution in [1.29, 1.82) is 0 Å². The number of fused-ring (bicyclic) bond motifs is 2. The second-order valence-electron chi connectivity index (χ2n) is 7.25. The largest absolute Gasteiger partial charge is 0.389 e. The molecule has 2 saturated carbocycles. The smallest absolute Gasteiger partial charge is 0.0771 e. The lowest BCUT2D eigenvalue weighted by Gasteiger charge is -2.36. The first-order chi connectivity index (χ1) is 9.18. The van der Waals surface area contributed by atoms with Crippen LogP contribution in [0.3, 0.4) is 0 Å². The van der Waals surface area contributed by atoms with Crippen molar-refractivity contribution in [1.82, 2.24) is 5.32 Å². The zero-order valence-electron chi connectivity index (χ0n) is 12.3. The minimum atomic E-state index is -0.418. The van der Waals surface area contributed by atoms with Gasteiger partial charge in [-0.1, -0.05) is 25.5 Å². The molecule has 0 aromatic carbocycles. The highest BCUT2D eigenvalue weighted by molar-refractivity contribution is 5.10. The van der Waals surface area contributed by atoms with Crippen molar-refractivity contribution in [3.8, 4) is 0 Å². The summed E-state index contributed by atoms with van der Waals surface area (Å²) in [5.41, 5.74) is -0.418. The number of allylic oxidation sites excluding steroid dienone is 2. The van der Waals surface area contributed by atoms with E-state index in [4.69, 9.17) is 0 Å². The van der Waals surface area contributed by atoms with Gasteiger partial charge in [-0.2, -0.15) is 0 Å². The Bertz CT molecular complexity index is 330. The van der Waals surface area contributed by atoms with Crippen molar-refractivity contribution in [3.05, 3.63) is 12.2 Å². The van der Waals surface area contributed by atoms with Crippen LogP contribution in [0.15, 0.2) is 12.2 Å². The maximum Gasteiger partial charge on any atom is 0.0771 e. The fourth-order valence-electron chi connectivity index (χ4n) is 4.42. The van der Waals surface area contributed by atoms with Crippen LogP contribution in [0, 0.1) is 23.7 Å². The van der Waals surface area contributed by atoms with Crippen molar-refractivity contribution in [2.75, 3.05) is 13.1 Å². The summed E-state index contributed by atoms with van der Waals surface area (Å²) in [7, 11) is 0. The van der Waals surface area contributed by atoms with Crippen LogP contribution in [0.2, 0.25) is 0 Å². The summed E-state index contributed by atoms with van der Waals surface area (Å²) in [4.78, 5) is 0. The minimum absolute atomic E-state index is 0.418. The van der Waals surface area contributed by atoms with Crippen LogP contribution < -0.4 is 5.32 Å². The van der Waals surface area contributed by atoms with E-state index in [1.807, 2.05) is 0 Å². The Morgan fingerprint density at radius 3 is 2.58 bits per heavy atom. The lowest BCUT2D eigenvalue weighted by Crippen LogP contribution is -2.44. The highest BCUT2D eigenvalue weighted by Crippen LogP contribution is 2.43. The van der Waals surface area contributed by atoms with Crippen molar-refractivity contribution in [2.24, 2.45) is 23.7 Å². The summed E-state index contributed by atoms with van der Waals surface area (Å²) in [6.45, 7) is 4.18. The molecule has 2 fully saturated rings. The van der Waals surface area contributed by atoms with Gasteiger partial charge in [-0.15, -0.1) is 0 Å². The molecular weight excluding hydrogens is 234 g/mol. The van der Waals surface area contributed by atoms with Crippen LogP contribution in [0.25, 0.3) is 0 Å². The molecule has 0 radical (unpaired) electrons. The summed E-state index contributed by atoms with van der Waals surface area (Å²) >= 11 is 0. The molecule has 2 nitrogen and oxygen atoms in total. The monoisotopic (exact) mass is 263 g/mol. The summed E-state index contributed by atoms with van der Waals surface area (Å²) < 4.78 is 0. The standard InChI is InChI=1S/C17H29NO/c1-2-13-5-7-17(19,8-6-13)12-18-11-16-10-14-3-4-15(16)9-14/h3-4,13-16,18-19H,2,5-12H2,1H3. The molecule has 0 aromatic rings. The molecule has 19 heavy (non-hydrogen) atoms. The third-order valence-electron chi connectivity index (χ3n) is 5.89. The zero-order valence-corrected chi connectivity index (χ0v) is 12.3. The topological polar surface area (TPSA) is 32.3 Å². The Balaban J connectivity index is 1.39. The second kappa shape index (κ2) is 5.57. The number of hydrogen-bond acceptors (Lipinski definition) is 2. The normalized spacial score (nSPS) is 44.9. The Labute approximate surface area is 117 Å². The van der Waals surface area contributed by atoms with Crippen LogP contribution in [0.4, 0.5) is 0 Å². The van der Waals surface area contributed by atoms with Gasteiger partial charge in [0.05, 0.1) is 5.60 Å². The molecule has 0 amide bonds. The van der Waals surface area contributed by atoms with Crippen LogP contribution >= 0.6 is 0 Å². The molecule has 108 valence electrons. The van der Waals surface area contributed by atoms with Crippen LogP contribution in [-0.4, -0.2) is 23.8 Å². The fraction of sp³-hybridized carbons (Fsp3) is 0.882. The van der Waals surface area contributed by atoms with E-state index in [1.54, 1.807) is 0 Å². The first-order valence-electron chi connectivity index (χ1n) is 8.30. The average molecular weight is 263 g/mol. The molecule has 3 aliphatic carbocycles. The molecule has 0 saturated heterocycles. The lowest BCUT2D eigenvalue weighted by atomic mass is 9.78. The molecule has 0 aromatic heterocycles. The lowest BCUT2D eigenvalue weighted by molar-refractivity contribution is -0.00926. The summed E-state index contributed by atoms with van der Waals surface area (Å²) in [6.07, 6.45) is 13.3. The summed E-state index contributed by atoms with van der Waals surface area (Å²) in [6, 6.07) is 0. The van der Waals surface area contributed by atoms with E-state index in [2.05, 4.69) is 24.4 Å². The van der Waals surface area contributed by atoms with Crippen molar-refractivity contribution >= 4 is 0 Å². The van der Waals surface area contributed by atoms with Crippen molar-refractivity contribution < 1.29 is 5.11 Å². The second-order valence-corrected chi connectivity index (χ2v) is 7.25. The molecular formula is C17H29NO. The van der Waals surface area contributed by atoms with Gasteiger partial charge in [0, 0.05) is 6.54 Å². The third kappa shape index (κ3) is 3.05. The molecule has 0 aliphatic heterocycles. The molecule has 0 spiro atoms. The van der Waals surface area contributed by atoms with E-state index >= 15 is 0 Å². The SMILES string of the molecule is CCC1CCC(O)(CNCC2CC3C=CC2C3)CC1. The molecule has 0 heterocycles. The minimum Gasteiger partial charge on any atom is -0.389 e. The van der Waals surface area contributed by atoms with Crippen molar-refractivity contribution in [3.63, 3.8) is 0 Å². The van der Waals surface area contributed by atoms with E-state index in [0.29, 0.717) is 0 Å². The quantitative estimate of drug-likeness (QED) is 0.747. The Hall–Kier alpha value is -0.340. The molecule has 2 heteroatoms. The molecule has 3 aliphatic rings. The summed E-state index contributed by atoms with van der Waals surface area (Å²) in [5, 5.41) is 14.2. The predicted octanol–water partition coefficient (Wildman–Crippen LogP) is 3.12. The number of aliphatic hydroxyl groups is 1. The molecule has 2 N–H and O–H groups in total. The van der Waals surface area contributed by atoms with E-state index in [9.17, 15) is 5.11 Å². The van der Waals surface area contributed by atoms with Gasteiger partial charge in [0.2, 0.25) is 0 Å². The fourth-order valence-corrected chi connectivity index (χ4v) is 4.42. The predicted molar refractivity (Wildman–Crippen MR) is 78.9 cm³/mol. The average Bonchev–Trinajstić information content (AvgIpc) is 3.02. The van der Waals surface area contributed by atoms with Crippen LogP contribution in [0.5, 0.6) is 0 Å². The number of hydrogen-bond donors (Lipinski definition) is 2. The molecule has 3 atom stereocenters. The number of nitrogens with one attached hydrogen (secondary N) is 1. The maximum absolute atomic E-state index is 10.6. The maximum atomic E-state index is 10.6. The first-order valence-corrected chi connectivity index (χ1v) is 8.30. The van der Waals surface area contributed by atoms with Gasteiger partial charge < -0.3 is 10.4 Å². The van der Waals surface area contributed by atoms with Gasteiger partial charge >= 0.3 is 0 Å². The highest BCUT2D eigenvalue weighted by atomic mass is 16.3. The van der Waals surface area contributed by atoms with Gasteiger partial charge in [0.25, 0.3) is 0 Å². The molecule has 3 rings (SSSR count). The van der Waals surface area contributed by atoms with E-state index in [-0.39, 0.29) is 0 Å². The Morgan fingerprint density at radius 1 is 1.21 bits per heavy atom. The van der Waals surface area contributed by atoms with Gasteiger partial charge in [-0.3, -0.25) is 0 Å². The van der Waals surface area contributed by atoms with Gasteiger partial charge in [0.15, 0.2) is 0 Å². The van der Waals surface area contributed by atoms with E-state index < -0.39 is 5.60 Å². The van der Waals surface area contributed by atoms with Crippen molar-refractivity contribution in [2.45, 2.75) is 57.5 Å². The summed E-state index contributed by atoms with van der Waals surface area (Å²) in [5.74, 6) is 3.37. The molecule has 3 unspecified atom stereocenters. The van der Waals surface area contributed by atoms with Gasteiger partial charge in [-0.05, 0) is 68.7 Å². The first kappa shape index (κ1) is 13.6. The van der Waals surface area contributed by atoms with Gasteiger partial charge in [0.1, 0.15) is 0 Å². The number of rotatable bonds is 5. The highest BCUT2D eigenvalue weighted by Gasteiger charge is 2.36. The van der Waals surface area contributed by atoms with Crippen LogP contribution in [0.1, 0.15) is 51.9 Å². The molecule has 2 bridgehead atoms.